The van der Waals surface area contributed by atoms with Crippen molar-refractivity contribution in [3.63, 3.8) is 0 Å². The van der Waals surface area contributed by atoms with Crippen molar-refractivity contribution >= 4 is 30.8 Å². The fourth-order valence-electron chi connectivity index (χ4n) is 2.49. The van der Waals surface area contributed by atoms with E-state index in [9.17, 15) is 14.8 Å². The SMILES string of the molecule is NNc1nc(N)nc2c1ncn2[C@@H]1O[C@H](COP(=O)(O)O)[C@@H](O)[C@H]1O. The van der Waals surface area contributed by atoms with Gasteiger partial charge in [-0.3, -0.25) is 9.09 Å². The first kappa shape index (κ1) is 17.9. The Kier molecular flexibility index (Phi) is 4.61. The molecule has 2 aromatic rings. The Hall–Kier alpha value is -1.90. The lowest BCUT2D eigenvalue weighted by Gasteiger charge is -2.16. The Bertz CT molecular complexity index is 825. The Morgan fingerprint density at radius 3 is 2.72 bits per heavy atom. The summed E-state index contributed by atoms with van der Waals surface area (Å²) in [6.07, 6.45) is -3.96. The molecule has 138 valence electrons. The Morgan fingerprint density at radius 1 is 1.36 bits per heavy atom. The van der Waals surface area contributed by atoms with Gasteiger partial charge in [0.15, 0.2) is 23.2 Å². The van der Waals surface area contributed by atoms with Crippen LogP contribution in [0, 0.1) is 0 Å². The summed E-state index contributed by atoms with van der Waals surface area (Å²) in [6.45, 7) is -0.627. The summed E-state index contributed by atoms with van der Waals surface area (Å²) in [5.74, 6) is 5.38. The van der Waals surface area contributed by atoms with Crippen molar-refractivity contribution in [2.75, 3.05) is 17.8 Å². The predicted molar refractivity (Wildman–Crippen MR) is 81.5 cm³/mol. The minimum atomic E-state index is -4.75. The smallest absolute Gasteiger partial charge is 0.387 e. The van der Waals surface area contributed by atoms with Gasteiger partial charge in [-0.1, -0.05) is 0 Å². The molecule has 0 amide bonds. The minimum Gasteiger partial charge on any atom is -0.387 e. The van der Waals surface area contributed by atoms with Crippen LogP contribution in [-0.4, -0.2) is 64.4 Å². The Morgan fingerprint density at radius 2 is 2.08 bits per heavy atom. The second-order valence-electron chi connectivity index (χ2n) is 5.23. The number of hydrogen-bond donors (Lipinski definition) is 7. The number of nitrogens with two attached hydrogens (primary N) is 2. The molecule has 0 bridgehead atoms. The summed E-state index contributed by atoms with van der Waals surface area (Å²) in [5.41, 5.74) is 8.33. The van der Waals surface area contributed by atoms with Gasteiger partial charge >= 0.3 is 7.82 Å². The fraction of sp³-hybridized carbons (Fsp3) is 0.500. The number of nitrogens with one attached hydrogen (secondary N) is 1. The lowest BCUT2D eigenvalue weighted by atomic mass is 10.1. The maximum atomic E-state index is 10.8. The molecule has 25 heavy (non-hydrogen) atoms. The van der Waals surface area contributed by atoms with Gasteiger partial charge in [-0.05, 0) is 0 Å². The number of rotatable bonds is 5. The average Bonchev–Trinajstić information content (AvgIpc) is 3.06. The van der Waals surface area contributed by atoms with E-state index < -0.39 is 39.0 Å². The molecule has 4 atom stereocenters. The highest BCUT2D eigenvalue weighted by atomic mass is 31.2. The molecule has 3 heterocycles. The standard InChI is InChI=1S/C10H16N7O7P/c11-10-14-7(16-12)4-8(15-10)17(2-13-4)9-6(19)5(18)3(24-9)1-23-25(20,21)22/h2-3,5-6,9,18-19H,1,12H2,(H2,20,21,22)(H3,11,14,15,16)/t3-,5-,6-,9-/m1/s1. The highest BCUT2D eigenvalue weighted by Crippen LogP contribution is 2.39. The largest absolute Gasteiger partial charge is 0.469 e. The number of phosphoric acid groups is 1. The van der Waals surface area contributed by atoms with Crippen LogP contribution in [0.4, 0.5) is 11.8 Å². The molecule has 1 aliphatic heterocycles. The first-order valence-electron chi connectivity index (χ1n) is 6.89. The molecule has 0 saturated carbocycles. The van der Waals surface area contributed by atoms with Crippen molar-refractivity contribution in [2.45, 2.75) is 24.5 Å². The molecule has 2 aromatic heterocycles. The monoisotopic (exact) mass is 377 g/mol. The first-order valence-corrected chi connectivity index (χ1v) is 8.42. The van der Waals surface area contributed by atoms with Crippen molar-refractivity contribution in [2.24, 2.45) is 5.84 Å². The van der Waals surface area contributed by atoms with Crippen molar-refractivity contribution < 1.29 is 33.8 Å². The minimum absolute atomic E-state index is 0.114. The van der Waals surface area contributed by atoms with Crippen LogP contribution in [0.1, 0.15) is 6.23 Å². The van der Waals surface area contributed by atoms with Crippen LogP contribution in [0.5, 0.6) is 0 Å². The summed E-state index contributed by atoms with van der Waals surface area (Å²) >= 11 is 0. The molecular weight excluding hydrogens is 361 g/mol. The van der Waals surface area contributed by atoms with Crippen molar-refractivity contribution in [3.8, 4) is 0 Å². The lowest BCUT2D eigenvalue weighted by Crippen LogP contribution is -2.33. The number of hydrazine groups is 1. The zero-order valence-electron chi connectivity index (χ0n) is 12.5. The van der Waals surface area contributed by atoms with Gasteiger partial charge in [0.05, 0.1) is 12.9 Å². The topological polar surface area (TPSA) is 224 Å². The Labute approximate surface area is 139 Å². The van der Waals surface area contributed by atoms with Gasteiger partial charge in [0.1, 0.15) is 18.3 Å². The van der Waals surface area contributed by atoms with Crippen molar-refractivity contribution in [3.05, 3.63) is 6.33 Å². The zero-order valence-corrected chi connectivity index (χ0v) is 13.4. The summed E-state index contributed by atoms with van der Waals surface area (Å²) in [4.78, 5) is 29.4. The number of phosphoric ester groups is 1. The molecule has 3 rings (SSSR count). The molecule has 0 aliphatic carbocycles. The van der Waals surface area contributed by atoms with E-state index in [1.165, 1.54) is 10.9 Å². The third-order valence-corrected chi connectivity index (χ3v) is 4.08. The van der Waals surface area contributed by atoms with E-state index in [2.05, 4.69) is 24.9 Å². The second-order valence-corrected chi connectivity index (χ2v) is 6.47. The highest BCUT2D eigenvalue weighted by molar-refractivity contribution is 7.46. The zero-order chi connectivity index (χ0) is 18.4. The number of anilines is 2. The van der Waals surface area contributed by atoms with Gasteiger partial charge in [-0.15, -0.1) is 0 Å². The number of ether oxygens (including phenoxy) is 1. The third-order valence-electron chi connectivity index (χ3n) is 3.59. The molecular formula is C10H16N7O7P. The molecule has 9 N–H and O–H groups in total. The number of hydrogen-bond acceptors (Lipinski definition) is 11. The van der Waals surface area contributed by atoms with Crippen molar-refractivity contribution in [1.29, 1.82) is 0 Å². The molecule has 1 saturated heterocycles. The number of nitrogens with zero attached hydrogens (tertiary/aromatic N) is 4. The number of aliphatic hydroxyl groups excluding tert-OH is 2. The van der Waals surface area contributed by atoms with Crippen LogP contribution in [-0.2, 0) is 13.8 Å². The highest BCUT2D eigenvalue weighted by Gasteiger charge is 2.45. The lowest BCUT2D eigenvalue weighted by molar-refractivity contribution is -0.0503. The van der Waals surface area contributed by atoms with Gasteiger partial charge in [-0.2, -0.15) is 9.97 Å². The molecule has 1 aliphatic rings. The van der Waals surface area contributed by atoms with E-state index in [1.807, 2.05) is 0 Å². The maximum absolute atomic E-state index is 10.8. The number of imidazole rings is 1. The molecule has 0 unspecified atom stereocenters. The number of aliphatic hydroxyl groups is 2. The molecule has 0 spiro atoms. The van der Waals surface area contributed by atoms with Crippen LogP contribution in [0.15, 0.2) is 6.33 Å². The number of nitrogen functional groups attached to an aromatic ring is 2. The Balaban J connectivity index is 1.90. The van der Waals surface area contributed by atoms with E-state index in [0.717, 1.165) is 0 Å². The molecule has 15 heteroatoms. The predicted octanol–water partition coefficient (Wildman–Crippen LogP) is -2.58. The molecule has 1 fully saturated rings. The van der Waals surface area contributed by atoms with Crippen LogP contribution in [0.2, 0.25) is 0 Å². The van der Waals surface area contributed by atoms with E-state index in [1.54, 1.807) is 0 Å². The van der Waals surface area contributed by atoms with E-state index in [0.29, 0.717) is 0 Å². The van der Waals surface area contributed by atoms with Gasteiger partial charge in [0.2, 0.25) is 5.95 Å². The average molecular weight is 377 g/mol. The molecule has 0 aromatic carbocycles. The fourth-order valence-corrected chi connectivity index (χ4v) is 2.83. The summed E-state index contributed by atoms with van der Waals surface area (Å²) in [5, 5.41) is 20.2. The van der Waals surface area contributed by atoms with E-state index >= 15 is 0 Å². The summed E-state index contributed by atoms with van der Waals surface area (Å²) in [6, 6.07) is 0. The van der Waals surface area contributed by atoms with Crippen LogP contribution < -0.4 is 17.0 Å². The van der Waals surface area contributed by atoms with Crippen molar-refractivity contribution in [1.82, 2.24) is 19.5 Å². The van der Waals surface area contributed by atoms with Crippen LogP contribution >= 0.6 is 7.82 Å². The number of aromatic nitrogens is 4. The maximum Gasteiger partial charge on any atom is 0.469 e. The third kappa shape index (κ3) is 3.42. The molecule has 14 nitrogen and oxygen atoms in total. The normalized spacial score (nSPS) is 27.1. The van der Waals surface area contributed by atoms with Crippen LogP contribution in [0.3, 0.4) is 0 Å². The summed E-state index contributed by atoms with van der Waals surface area (Å²) < 4.78 is 21.8. The first-order chi connectivity index (χ1) is 11.7. The van der Waals surface area contributed by atoms with Gasteiger partial charge in [-0.25, -0.2) is 15.4 Å². The number of fused-ring (bicyclic) bond motifs is 1. The second kappa shape index (κ2) is 6.44. The van der Waals surface area contributed by atoms with E-state index in [-0.39, 0.29) is 22.9 Å². The van der Waals surface area contributed by atoms with E-state index in [4.69, 9.17) is 26.1 Å². The quantitative estimate of drug-likeness (QED) is 0.162. The van der Waals surface area contributed by atoms with Crippen LogP contribution in [0.25, 0.3) is 11.2 Å². The molecule has 0 radical (unpaired) electrons. The van der Waals surface area contributed by atoms with Gasteiger partial charge in [0, 0.05) is 0 Å². The summed E-state index contributed by atoms with van der Waals surface area (Å²) in [7, 11) is -4.75. The van der Waals surface area contributed by atoms with Gasteiger partial charge in [0.25, 0.3) is 0 Å². The van der Waals surface area contributed by atoms with Gasteiger partial charge < -0.3 is 35.9 Å².